The van der Waals surface area contributed by atoms with Gasteiger partial charge < -0.3 is 29.7 Å². The van der Waals surface area contributed by atoms with E-state index in [1.54, 1.807) is 44.2 Å². The van der Waals surface area contributed by atoms with Crippen LogP contribution in [0.3, 0.4) is 0 Å². The molecule has 0 amide bonds. The first-order valence-corrected chi connectivity index (χ1v) is 15.6. The lowest BCUT2D eigenvalue weighted by Gasteiger charge is -2.25. The maximum absolute atomic E-state index is 16.2. The Morgan fingerprint density at radius 1 is 1.30 bits per heavy atom. The predicted octanol–water partition coefficient (Wildman–Crippen LogP) is 3.13. The lowest BCUT2D eigenvalue weighted by molar-refractivity contribution is -0.149. The van der Waals surface area contributed by atoms with E-state index in [-0.39, 0.29) is 17.3 Å². The van der Waals surface area contributed by atoms with Crippen molar-refractivity contribution in [3.8, 4) is 5.75 Å². The zero-order chi connectivity index (χ0) is 31.1. The number of aliphatic hydroxyl groups is 1. The van der Waals surface area contributed by atoms with Crippen molar-refractivity contribution < 1.29 is 37.4 Å². The molecule has 2 aromatic heterocycles. The van der Waals surface area contributed by atoms with Gasteiger partial charge in [-0.3, -0.25) is 13.9 Å². The number of nitrogens with two attached hydrogens (primary N) is 1. The van der Waals surface area contributed by atoms with Gasteiger partial charge in [0, 0.05) is 13.1 Å². The largest absolute Gasteiger partial charge is 0.462 e. The second-order valence-electron chi connectivity index (χ2n) is 11.2. The van der Waals surface area contributed by atoms with E-state index < -0.39 is 56.6 Å². The van der Waals surface area contributed by atoms with Crippen LogP contribution in [0.5, 0.6) is 5.75 Å². The number of nitrogen functional groups attached to an aromatic ring is 1. The molecule has 3 heterocycles. The van der Waals surface area contributed by atoms with Gasteiger partial charge in [-0.2, -0.15) is 15.1 Å². The molecule has 0 spiro atoms. The highest BCUT2D eigenvalue weighted by atomic mass is 31.2. The summed E-state index contributed by atoms with van der Waals surface area (Å²) in [5, 5.41) is 13.5. The molecule has 3 aromatic rings. The summed E-state index contributed by atoms with van der Waals surface area (Å²) in [6.07, 6.45) is -1.43. The van der Waals surface area contributed by atoms with Gasteiger partial charge in [-0.25, -0.2) is 13.9 Å². The molecular weight excluding hydrogens is 584 g/mol. The minimum Gasteiger partial charge on any atom is -0.462 e. The van der Waals surface area contributed by atoms with Crippen LogP contribution >= 0.6 is 7.75 Å². The summed E-state index contributed by atoms with van der Waals surface area (Å²) >= 11 is 0. The first-order chi connectivity index (χ1) is 20.3. The van der Waals surface area contributed by atoms with Crippen molar-refractivity contribution in [2.75, 3.05) is 24.3 Å². The van der Waals surface area contributed by atoms with Crippen LogP contribution in [0.2, 0.25) is 0 Å². The molecular formula is C27H37FN7O7P. The number of anilines is 2. The first kappa shape index (κ1) is 31.1. The van der Waals surface area contributed by atoms with Crippen LogP contribution in [0.25, 0.3) is 11.2 Å². The number of aromatic nitrogens is 4. The van der Waals surface area contributed by atoms with Gasteiger partial charge in [0.1, 0.15) is 24.0 Å². The first-order valence-electron chi connectivity index (χ1n) is 14.0. The Labute approximate surface area is 248 Å². The van der Waals surface area contributed by atoms with E-state index in [0.29, 0.717) is 17.4 Å². The van der Waals surface area contributed by atoms with Gasteiger partial charge in [-0.1, -0.05) is 18.2 Å². The number of rotatable bonds is 12. The SMILES string of the molecule is CC(C)OC(=O)[C@H](C)N[P@](=O)(OCC1O[C@@H](n2cnc3c(N(C)C4CC4)nc(N)nc32)[C@](C)(F)[C@@H]1O)Oc1ccccc1. The molecule has 2 aliphatic rings. The number of hydrogen-bond donors (Lipinski definition) is 3. The number of carbonyl (C=O) groups is 1. The summed E-state index contributed by atoms with van der Waals surface area (Å²) in [5.74, 6) is 0.00539. The number of nitrogens with one attached hydrogen (secondary N) is 1. The normalized spacial score (nSPS) is 25.9. The molecule has 2 fully saturated rings. The van der Waals surface area contributed by atoms with Gasteiger partial charge in [0.05, 0.1) is 19.0 Å². The molecule has 6 atom stereocenters. The Kier molecular flexibility index (Phi) is 8.65. The number of hydrogen-bond acceptors (Lipinski definition) is 12. The van der Waals surface area contributed by atoms with Crippen molar-refractivity contribution in [2.24, 2.45) is 0 Å². The summed E-state index contributed by atoms with van der Waals surface area (Å²) in [7, 11) is -2.41. The maximum Gasteiger partial charge on any atom is 0.459 e. The number of ether oxygens (including phenoxy) is 2. The number of fused-ring (bicyclic) bond motifs is 1. The molecule has 1 aromatic carbocycles. The number of aliphatic hydroxyl groups excluding tert-OH is 1. The van der Waals surface area contributed by atoms with E-state index in [9.17, 15) is 14.5 Å². The fourth-order valence-electron chi connectivity index (χ4n) is 4.83. The molecule has 1 saturated carbocycles. The number of para-hydroxylation sites is 1. The molecule has 4 N–H and O–H groups in total. The summed E-state index contributed by atoms with van der Waals surface area (Å²) in [4.78, 5) is 27.4. The third-order valence-corrected chi connectivity index (χ3v) is 8.90. The molecule has 234 valence electrons. The number of nitrogens with zero attached hydrogens (tertiary/aromatic N) is 5. The van der Waals surface area contributed by atoms with Crippen molar-refractivity contribution >= 4 is 36.6 Å². The van der Waals surface area contributed by atoms with E-state index in [1.165, 1.54) is 24.7 Å². The fraction of sp³-hybridized carbons (Fsp3) is 0.556. The van der Waals surface area contributed by atoms with Gasteiger partial charge in [-0.05, 0) is 52.7 Å². The third-order valence-electron chi connectivity index (χ3n) is 7.25. The van der Waals surface area contributed by atoms with Gasteiger partial charge in [0.2, 0.25) is 5.95 Å². The quantitative estimate of drug-likeness (QED) is 0.199. The summed E-state index contributed by atoms with van der Waals surface area (Å²) in [5.41, 5.74) is 4.29. The molecule has 16 heteroatoms. The summed E-state index contributed by atoms with van der Waals surface area (Å²) in [6.45, 7) is 5.43. The number of halogens is 1. The molecule has 0 radical (unpaired) electrons. The zero-order valence-electron chi connectivity index (χ0n) is 24.6. The minimum atomic E-state index is -4.29. The van der Waals surface area contributed by atoms with Crippen molar-refractivity contribution in [2.45, 2.75) is 82.8 Å². The highest BCUT2D eigenvalue weighted by Gasteiger charge is 2.56. The van der Waals surface area contributed by atoms with Crippen molar-refractivity contribution in [3.63, 3.8) is 0 Å². The fourth-order valence-corrected chi connectivity index (χ4v) is 6.33. The Bertz CT molecular complexity index is 1500. The summed E-state index contributed by atoms with van der Waals surface area (Å²) < 4.78 is 53.8. The standard InChI is InChI=1S/C27H37FN7O7P/c1-15(2)40-24(37)16(3)33-43(38,42-18-9-7-6-8-10-18)39-13-19-21(36)27(4,28)25(41-19)35-14-30-20-22(34(5)17-11-12-17)31-26(29)32-23(20)35/h6-10,14-17,19,21,25,36H,11-13H2,1-5H3,(H,33,38)(H2,29,31,32)/t16-,19?,21+,25+,27+,43-/m0/s1. The highest BCUT2D eigenvalue weighted by Crippen LogP contribution is 2.48. The average Bonchev–Trinajstić information content (AvgIpc) is 3.67. The van der Waals surface area contributed by atoms with E-state index >= 15 is 4.39 Å². The maximum atomic E-state index is 16.2. The Morgan fingerprint density at radius 3 is 2.65 bits per heavy atom. The van der Waals surface area contributed by atoms with Crippen molar-refractivity contribution in [3.05, 3.63) is 36.7 Å². The lowest BCUT2D eigenvalue weighted by Crippen LogP contribution is -2.41. The van der Waals surface area contributed by atoms with Gasteiger partial charge in [-0.15, -0.1) is 0 Å². The van der Waals surface area contributed by atoms with Crippen LogP contribution in [-0.4, -0.2) is 80.3 Å². The summed E-state index contributed by atoms with van der Waals surface area (Å²) in [6, 6.07) is 7.39. The van der Waals surface area contributed by atoms with Crippen molar-refractivity contribution in [1.82, 2.24) is 24.6 Å². The second kappa shape index (κ2) is 12.0. The molecule has 5 rings (SSSR count). The van der Waals surface area contributed by atoms with Crippen LogP contribution in [0.1, 0.15) is 46.8 Å². The van der Waals surface area contributed by atoms with E-state index in [2.05, 4.69) is 20.0 Å². The van der Waals surface area contributed by atoms with Gasteiger partial charge in [0.25, 0.3) is 0 Å². The molecule has 43 heavy (non-hydrogen) atoms. The Balaban J connectivity index is 1.37. The van der Waals surface area contributed by atoms with Crippen LogP contribution < -0.4 is 20.2 Å². The second-order valence-corrected chi connectivity index (χ2v) is 12.9. The smallest absolute Gasteiger partial charge is 0.459 e. The number of imidazole rings is 1. The number of carbonyl (C=O) groups excluding carboxylic acids is 1. The van der Waals surface area contributed by atoms with Crippen molar-refractivity contribution in [1.29, 1.82) is 0 Å². The molecule has 1 saturated heterocycles. The van der Waals surface area contributed by atoms with Gasteiger partial charge in [0.15, 0.2) is 28.9 Å². The van der Waals surface area contributed by atoms with Crippen LogP contribution in [0.15, 0.2) is 36.7 Å². The average molecular weight is 622 g/mol. The van der Waals surface area contributed by atoms with E-state index in [1.807, 2.05) is 11.9 Å². The topological polar surface area (TPSA) is 176 Å². The van der Waals surface area contributed by atoms with Crippen LogP contribution in [0, 0.1) is 0 Å². The Morgan fingerprint density at radius 2 is 2.00 bits per heavy atom. The van der Waals surface area contributed by atoms with E-state index in [4.69, 9.17) is 24.3 Å². The highest BCUT2D eigenvalue weighted by molar-refractivity contribution is 7.52. The molecule has 1 unspecified atom stereocenters. The number of esters is 1. The van der Waals surface area contributed by atoms with Crippen LogP contribution in [-0.2, 0) is 23.4 Å². The molecule has 14 nitrogen and oxygen atoms in total. The number of alkyl halides is 1. The van der Waals surface area contributed by atoms with Crippen LogP contribution in [0.4, 0.5) is 16.2 Å². The molecule has 0 bridgehead atoms. The van der Waals surface area contributed by atoms with Gasteiger partial charge >= 0.3 is 13.7 Å². The lowest BCUT2D eigenvalue weighted by atomic mass is 9.98. The zero-order valence-corrected chi connectivity index (χ0v) is 25.5. The minimum absolute atomic E-state index is 0.0223. The molecule has 1 aliphatic carbocycles. The number of benzene rings is 1. The Hall–Kier alpha value is -3.36. The monoisotopic (exact) mass is 621 g/mol. The molecule has 1 aliphatic heterocycles. The third kappa shape index (κ3) is 6.60. The predicted molar refractivity (Wildman–Crippen MR) is 155 cm³/mol. The van der Waals surface area contributed by atoms with E-state index in [0.717, 1.165) is 12.8 Å².